The van der Waals surface area contributed by atoms with Gasteiger partial charge in [-0.1, -0.05) is 24.3 Å². The fourth-order valence-corrected chi connectivity index (χ4v) is 1.87. The number of nitrogens with zero attached hydrogens (tertiary/aromatic N) is 3. The van der Waals surface area contributed by atoms with Crippen molar-refractivity contribution >= 4 is 11.6 Å². The number of hydrogen-bond acceptors (Lipinski definition) is 3. The Hall–Kier alpha value is -2.63. The second-order valence-corrected chi connectivity index (χ2v) is 4.46. The van der Waals surface area contributed by atoms with Crippen molar-refractivity contribution in [1.82, 2.24) is 19.5 Å². The molecule has 0 aliphatic heterocycles. The zero-order valence-corrected chi connectivity index (χ0v) is 11.9. The lowest BCUT2D eigenvalue weighted by molar-refractivity contribution is -0.116. The summed E-state index contributed by atoms with van der Waals surface area (Å²) in [5, 5.41) is 6.98. The SMILES string of the molecule is C/C=C/C=C\C(=O)NCCCn1nc2ccccn2c1=O. The van der Waals surface area contributed by atoms with E-state index in [1.54, 1.807) is 30.5 Å². The van der Waals surface area contributed by atoms with Crippen LogP contribution in [0, 0.1) is 0 Å². The number of nitrogens with one attached hydrogen (secondary N) is 1. The van der Waals surface area contributed by atoms with Gasteiger partial charge in [-0.2, -0.15) is 0 Å². The number of aryl methyl sites for hydroxylation is 1. The van der Waals surface area contributed by atoms with E-state index < -0.39 is 0 Å². The van der Waals surface area contributed by atoms with Gasteiger partial charge in [0.15, 0.2) is 5.65 Å². The lowest BCUT2D eigenvalue weighted by atomic mass is 10.4. The summed E-state index contributed by atoms with van der Waals surface area (Å²) in [4.78, 5) is 23.4. The van der Waals surface area contributed by atoms with E-state index in [1.165, 1.54) is 15.2 Å². The standard InChI is InChI=1S/C15H18N4O2/c1-2-3-4-9-14(20)16-10-7-12-19-15(21)18-11-6-5-8-13(18)17-19/h2-6,8-9,11H,7,10,12H2,1H3,(H,16,20)/b3-2+,9-4-. The molecule has 6 nitrogen and oxygen atoms in total. The summed E-state index contributed by atoms with van der Waals surface area (Å²) in [6.45, 7) is 2.85. The van der Waals surface area contributed by atoms with E-state index in [-0.39, 0.29) is 11.6 Å². The van der Waals surface area contributed by atoms with Gasteiger partial charge in [0.05, 0.1) is 0 Å². The van der Waals surface area contributed by atoms with Crippen LogP contribution in [-0.2, 0) is 11.3 Å². The Morgan fingerprint density at radius 1 is 1.38 bits per heavy atom. The third-order valence-electron chi connectivity index (χ3n) is 2.89. The van der Waals surface area contributed by atoms with E-state index in [0.29, 0.717) is 25.2 Å². The van der Waals surface area contributed by atoms with Gasteiger partial charge in [-0.05, 0) is 25.5 Å². The summed E-state index contributed by atoms with van der Waals surface area (Å²) < 4.78 is 2.91. The van der Waals surface area contributed by atoms with Gasteiger partial charge in [-0.3, -0.25) is 9.20 Å². The van der Waals surface area contributed by atoms with Crippen molar-refractivity contribution in [2.75, 3.05) is 6.54 Å². The van der Waals surface area contributed by atoms with Crippen LogP contribution in [-0.4, -0.2) is 26.6 Å². The molecule has 1 N–H and O–H groups in total. The second kappa shape index (κ2) is 7.23. The maximum absolute atomic E-state index is 12.0. The van der Waals surface area contributed by atoms with Crippen LogP contribution in [0.2, 0.25) is 0 Å². The molecule has 0 aromatic carbocycles. The molecule has 21 heavy (non-hydrogen) atoms. The molecule has 2 aromatic heterocycles. The molecule has 6 heteroatoms. The van der Waals surface area contributed by atoms with Gasteiger partial charge < -0.3 is 5.32 Å². The minimum absolute atomic E-state index is 0.143. The fourth-order valence-electron chi connectivity index (χ4n) is 1.87. The highest BCUT2D eigenvalue weighted by atomic mass is 16.2. The van der Waals surface area contributed by atoms with E-state index >= 15 is 0 Å². The van der Waals surface area contributed by atoms with Crippen LogP contribution in [0.1, 0.15) is 13.3 Å². The van der Waals surface area contributed by atoms with Crippen LogP contribution in [0.3, 0.4) is 0 Å². The molecule has 2 rings (SSSR count). The molecular formula is C15H18N4O2. The van der Waals surface area contributed by atoms with Gasteiger partial charge in [-0.25, -0.2) is 9.48 Å². The van der Waals surface area contributed by atoms with Crippen LogP contribution >= 0.6 is 0 Å². The van der Waals surface area contributed by atoms with Crippen molar-refractivity contribution in [2.45, 2.75) is 19.9 Å². The number of rotatable bonds is 6. The van der Waals surface area contributed by atoms with Crippen LogP contribution < -0.4 is 11.0 Å². The Labute approximate surface area is 122 Å². The number of amides is 1. The van der Waals surface area contributed by atoms with Gasteiger partial charge >= 0.3 is 5.69 Å². The van der Waals surface area contributed by atoms with E-state index in [0.717, 1.165) is 0 Å². The van der Waals surface area contributed by atoms with Crippen molar-refractivity contribution < 1.29 is 4.79 Å². The molecular weight excluding hydrogens is 268 g/mol. The third kappa shape index (κ3) is 3.92. The van der Waals surface area contributed by atoms with Crippen molar-refractivity contribution in [2.24, 2.45) is 0 Å². The average molecular weight is 286 g/mol. The summed E-state index contributed by atoms with van der Waals surface area (Å²) in [5.41, 5.74) is 0.464. The molecule has 0 aliphatic rings. The molecule has 0 unspecified atom stereocenters. The summed E-state index contributed by atoms with van der Waals surface area (Å²) in [5.74, 6) is -0.143. The molecule has 0 saturated heterocycles. The number of allylic oxidation sites excluding steroid dienone is 3. The zero-order valence-electron chi connectivity index (χ0n) is 11.9. The quantitative estimate of drug-likeness (QED) is 0.492. The van der Waals surface area contributed by atoms with Crippen molar-refractivity contribution in [3.8, 4) is 0 Å². The van der Waals surface area contributed by atoms with Gasteiger partial charge in [0.1, 0.15) is 0 Å². The number of carbonyl (C=O) groups excluding carboxylic acids is 1. The maximum Gasteiger partial charge on any atom is 0.350 e. The van der Waals surface area contributed by atoms with E-state index in [2.05, 4.69) is 10.4 Å². The highest BCUT2D eigenvalue weighted by molar-refractivity contribution is 5.87. The van der Waals surface area contributed by atoms with Gasteiger partial charge in [-0.15, -0.1) is 5.10 Å². The topological polar surface area (TPSA) is 68.4 Å². The molecule has 2 heterocycles. The molecule has 0 saturated carbocycles. The summed E-state index contributed by atoms with van der Waals surface area (Å²) in [6.07, 6.45) is 9.12. The van der Waals surface area contributed by atoms with Crippen LogP contribution in [0.4, 0.5) is 0 Å². The first-order valence-electron chi connectivity index (χ1n) is 6.84. The average Bonchev–Trinajstić information content (AvgIpc) is 2.81. The Kier molecular flexibility index (Phi) is 5.09. The Balaban J connectivity index is 1.84. The normalized spacial score (nSPS) is 11.7. The van der Waals surface area contributed by atoms with Gasteiger partial charge in [0.2, 0.25) is 5.91 Å². The lowest BCUT2D eigenvalue weighted by Crippen LogP contribution is -2.26. The van der Waals surface area contributed by atoms with Crippen molar-refractivity contribution in [3.05, 3.63) is 59.2 Å². The molecule has 0 radical (unpaired) electrons. The largest absolute Gasteiger partial charge is 0.352 e. The third-order valence-corrected chi connectivity index (χ3v) is 2.89. The van der Waals surface area contributed by atoms with E-state index in [4.69, 9.17) is 0 Å². The Morgan fingerprint density at radius 3 is 3.00 bits per heavy atom. The number of carbonyl (C=O) groups is 1. The Morgan fingerprint density at radius 2 is 2.24 bits per heavy atom. The molecule has 0 atom stereocenters. The lowest BCUT2D eigenvalue weighted by Gasteiger charge is -2.01. The molecule has 0 aliphatic carbocycles. The maximum atomic E-state index is 12.0. The molecule has 0 fully saturated rings. The van der Waals surface area contributed by atoms with Crippen LogP contribution in [0.25, 0.3) is 5.65 Å². The second-order valence-electron chi connectivity index (χ2n) is 4.46. The zero-order chi connectivity index (χ0) is 15.1. The summed E-state index contributed by atoms with van der Waals surface area (Å²) in [6, 6.07) is 5.41. The highest BCUT2D eigenvalue weighted by Crippen LogP contribution is 1.95. The van der Waals surface area contributed by atoms with Crippen LogP contribution in [0.5, 0.6) is 0 Å². The molecule has 2 aromatic rings. The van der Waals surface area contributed by atoms with Gasteiger partial charge in [0.25, 0.3) is 0 Å². The highest BCUT2D eigenvalue weighted by Gasteiger charge is 2.05. The smallest absolute Gasteiger partial charge is 0.350 e. The fraction of sp³-hybridized carbons (Fsp3) is 0.267. The monoisotopic (exact) mass is 286 g/mol. The number of pyridine rings is 1. The first-order chi connectivity index (χ1) is 10.2. The minimum Gasteiger partial charge on any atom is -0.352 e. The Bertz CT molecular complexity index is 725. The van der Waals surface area contributed by atoms with Crippen molar-refractivity contribution in [1.29, 1.82) is 0 Å². The molecule has 0 bridgehead atoms. The molecule has 110 valence electrons. The van der Waals surface area contributed by atoms with Crippen molar-refractivity contribution in [3.63, 3.8) is 0 Å². The molecule has 0 spiro atoms. The number of aromatic nitrogens is 3. The number of hydrogen-bond donors (Lipinski definition) is 1. The first kappa shape index (κ1) is 14.8. The van der Waals surface area contributed by atoms with E-state index in [1.807, 2.05) is 19.1 Å². The molecule has 1 amide bonds. The number of fused-ring (bicyclic) bond motifs is 1. The first-order valence-corrected chi connectivity index (χ1v) is 6.84. The minimum atomic E-state index is -0.162. The van der Waals surface area contributed by atoms with Crippen LogP contribution in [0.15, 0.2) is 53.5 Å². The van der Waals surface area contributed by atoms with E-state index in [9.17, 15) is 9.59 Å². The van der Waals surface area contributed by atoms with Gasteiger partial charge in [0, 0.05) is 25.4 Å². The predicted octanol–water partition coefficient (Wildman–Crippen LogP) is 1.13. The summed E-state index contributed by atoms with van der Waals surface area (Å²) >= 11 is 0. The summed E-state index contributed by atoms with van der Waals surface area (Å²) in [7, 11) is 0. The predicted molar refractivity (Wildman–Crippen MR) is 81.0 cm³/mol.